The Labute approximate surface area is 76.0 Å². The molecule has 12 heavy (non-hydrogen) atoms. The zero-order valence-electron chi connectivity index (χ0n) is 6.50. The Morgan fingerprint density at radius 1 is 1.50 bits per heavy atom. The number of rotatable bonds is 1. The van der Waals surface area contributed by atoms with E-state index in [1.165, 1.54) is 0 Å². The van der Waals surface area contributed by atoms with Crippen LogP contribution in [0.5, 0.6) is 5.75 Å². The van der Waals surface area contributed by atoms with E-state index in [0.717, 1.165) is 12.0 Å². The van der Waals surface area contributed by atoms with Crippen LogP contribution >= 0.6 is 11.6 Å². The summed E-state index contributed by atoms with van der Waals surface area (Å²) < 4.78 is 0. The maximum Gasteiger partial charge on any atom is 0.117 e. The van der Waals surface area contributed by atoms with Gasteiger partial charge in [0.15, 0.2) is 0 Å². The molecule has 1 aliphatic carbocycles. The summed E-state index contributed by atoms with van der Waals surface area (Å²) in [5.74, 6) is 0.607. The zero-order valence-corrected chi connectivity index (χ0v) is 7.25. The molecule has 0 heterocycles. The summed E-state index contributed by atoms with van der Waals surface area (Å²) >= 11 is 5.91. The molecule has 2 atom stereocenters. The van der Waals surface area contributed by atoms with E-state index >= 15 is 0 Å². The number of aromatic hydroxyl groups is 1. The lowest BCUT2D eigenvalue weighted by molar-refractivity contribution is 0.475. The zero-order chi connectivity index (χ0) is 8.72. The van der Waals surface area contributed by atoms with Gasteiger partial charge in [-0.05, 0) is 24.1 Å². The Balaban J connectivity index is 2.33. The minimum Gasteiger partial charge on any atom is -0.508 e. The Morgan fingerprint density at radius 3 is 2.67 bits per heavy atom. The number of benzene rings is 1. The van der Waals surface area contributed by atoms with Gasteiger partial charge in [0.25, 0.3) is 0 Å². The van der Waals surface area contributed by atoms with Crippen LogP contribution in [0.25, 0.3) is 0 Å². The fraction of sp³-hybridized carbons (Fsp3) is 0.333. The molecule has 1 aliphatic rings. The molecule has 0 saturated heterocycles. The van der Waals surface area contributed by atoms with Crippen LogP contribution in [0.4, 0.5) is 0 Å². The fourth-order valence-corrected chi connectivity index (χ4v) is 1.70. The third-order valence-corrected chi connectivity index (χ3v) is 2.55. The monoisotopic (exact) mass is 183 g/mol. The Hall–Kier alpha value is -0.730. The summed E-state index contributed by atoms with van der Waals surface area (Å²) in [6.07, 6.45) is 1.00. The summed E-state index contributed by atoms with van der Waals surface area (Å²) in [6, 6.07) is 5.30. The van der Waals surface area contributed by atoms with Crippen molar-refractivity contribution in [2.45, 2.75) is 18.4 Å². The summed E-state index contributed by atoms with van der Waals surface area (Å²) in [5.41, 5.74) is 6.74. The molecule has 1 fully saturated rings. The second kappa shape index (κ2) is 2.64. The molecule has 2 unspecified atom stereocenters. The summed E-state index contributed by atoms with van der Waals surface area (Å²) in [5, 5.41) is 9.71. The molecule has 1 aromatic rings. The first-order valence-electron chi connectivity index (χ1n) is 3.92. The van der Waals surface area contributed by atoms with Crippen molar-refractivity contribution in [3.05, 3.63) is 28.8 Å². The number of hydrogen-bond donors (Lipinski definition) is 2. The van der Waals surface area contributed by atoms with Gasteiger partial charge in [-0.3, -0.25) is 0 Å². The van der Waals surface area contributed by atoms with Gasteiger partial charge in [-0.2, -0.15) is 0 Å². The molecule has 1 aromatic carbocycles. The first kappa shape index (κ1) is 7.90. The molecule has 0 amide bonds. The molecular weight excluding hydrogens is 174 g/mol. The smallest absolute Gasteiger partial charge is 0.117 e. The van der Waals surface area contributed by atoms with Crippen LogP contribution < -0.4 is 5.73 Å². The third-order valence-electron chi connectivity index (χ3n) is 2.22. The lowest BCUT2D eigenvalue weighted by atomic mass is 10.1. The number of nitrogens with two attached hydrogens (primary N) is 1. The van der Waals surface area contributed by atoms with E-state index in [1.54, 1.807) is 12.1 Å². The first-order chi connectivity index (χ1) is 5.68. The first-order valence-corrected chi connectivity index (χ1v) is 4.30. The second-order valence-corrected chi connectivity index (χ2v) is 3.62. The van der Waals surface area contributed by atoms with E-state index < -0.39 is 0 Å². The maximum absolute atomic E-state index is 9.09. The Bertz CT molecular complexity index is 313. The lowest BCUT2D eigenvalue weighted by Gasteiger charge is -2.02. The molecule has 0 aromatic heterocycles. The van der Waals surface area contributed by atoms with Gasteiger partial charge in [0.2, 0.25) is 0 Å². The van der Waals surface area contributed by atoms with Gasteiger partial charge < -0.3 is 10.8 Å². The van der Waals surface area contributed by atoms with E-state index in [9.17, 15) is 0 Å². The van der Waals surface area contributed by atoms with Crippen molar-refractivity contribution >= 4 is 11.6 Å². The predicted octanol–water partition coefficient (Wildman–Crippen LogP) is 1.86. The van der Waals surface area contributed by atoms with Gasteiger partial charge in [-0.1, -0.05) is 17.7 Å². The molecule has 2 rings (SSSR count). The SMILES string of the molecule is NC1CC1c1ccc(O)cc1Cl. The predicted molar refractivity (Wildman–Crippen MR) is 48.5 cm³/mol. The summed E-state index contributed by atoms with van der Waals surface area (Å²) in [7, 11) is 0. The largest absolute Gasteiger partial charge is 0.508 e. The molecule has 3 N–H and O–H groups in total. The van der Waals surface area contributed by atoms with Gasteiger partial charge in [0.1, 0.15) is 5.75 Å². The van der Waals surface area contributed by atoms with Crippen LogP contribution in [0.15, 0.2) is 18.2 Å². The van der Waals surface area contributed by atoms with Gasteiger partial charge in [-0.15, -0.1) is 0 Å². The van der Waals surface area contributed by atoms with Gasteiger partial charge in [0.05, 0.1) is 0 Å². The fourth-order valence-electron chi connectivity index (χ4n) is 1.39. The Morgan fingerprint density at radius 2 is 2.17 bits per heavy atom. The average Bonchev–Trinajstić information content (AvgIpc) is 2.66. The van der Waals surface area contributed by atoms with E-state index in [-0.39, 0.29) is 11.8 Å². The van der Waals surface area contributed by atoms with E-state index in [0.29, 0.717) is 10.9 Å². The topological polar surface area (TPSA) is 46.2 Å². The van der Waals surface area contributed by atoms with Crippen LogP contribution in [-0.4, -0.2) is 11.1 Å². The molecule has 64 valence electrons. The van der Waals surface area contributed by atoms with Crippen molar-refractivity contribution in [1.82, 2.24) is 0 Å². The highest BCUT2D eigenvalue weighted by molar-refractivity contribution is 6.31. The molecule has 1 saturated carbocycles. The van der Waals surface area contributed by atoms with Crippen LogP contribution in [-0.2, 0) is 0 Å². The third kappa shape index (κ3) is 1.28. The van der Waals surface area contributed by atoms with E-state index in [1.807, 2.05) is 6.07 Å². The highest BCUT2D eigenvalue weighted by atomic mass is 35.5. The lowest BCUT2D eigenvalue weighted by Crippen LogP contribution is -2.01. The van der Waals surface area contributed by atoms with Crippen molar-refractivity contribution in [3.63, 3.8) is 0 Å². The Kier molecular flexibility index (Phi) is 1.74. The van der Waals surface area contributed by atoms with Crippen molar-refractivity contribution in [1.29, 1.82) is 0 Å². The number of hydrogen-bond acceptors (Lipinski definition) is 2. The maximum atomic E-state index is 9.09. The van der Waals surface area contributed by atoms with Crippen LogP contribution in [0, 0.1) is 0 Å². The average molecular weight is 184 g/mol. The van der Waals surface area contributed by atoms with Crippen molar-refractivity contribution in [2.24, 2.45) is 5.73 Å². The number of phenols is 1. The van der Waals surface area contributed by atoms with Crippen molar-refractivity contribution in [3.8, 4) is 5.75 Å². The molecule has 0 aliphatic heterocycles. The van der Waals surface area contributed by atoms with Crippen molar-refractivity contribution < 1.29 is 5.11 Å². The summed E-state index contributed by atoms with van der Waals surface area (Å²) in [6.45, 7) is 0. The molecule has 0 radical (unpaired) electrons. The second-order valence-electron chi connectivity index (χ2n) is 3.21. The molecular formula is C9H10ClNO. The van der Waals surface area contributed by atoms with Gasteiger partial charge >= 0.3 is 0 Å². The van der Waals surface area contributed by atoms with E-state index in [2.05, 4.69) is 0 Å². The summed E-state index contributed by atoms with van der Waals surface area (Å²) in [4.78, 5) is 0. The molecule has 0 bridgehead atoms. The molecule has 3 heteroatoms. The number of phenolic OH excluding ortho intramolecular Hbond substituents is 1. The minimum atomic E-state index is 0.206. The van der Waals surface area contributed by atoms with Crippen LogP contribution in [0.2, 0.25) is 5.02 Å². The molecule has 2 nitrogen and oxygen atoms in total. The molecule has 0 spiro atoms. The highest BCUT2D eigenvalue weighted by Crippen LogP contribution is 2.42. The van der Waals surface area contributed by atoms with E-state index in [4.69, 9.17) is 22.4 Å². The van der Waals surface area contributed by atoms with Gasteiger partial charge in [-0.25, -0.2) is 0 Å². The quantitative estimate of drug-likeness (QED) is 0.698. The van der Waals surface area contributed by atoms with Gasteiger partial charge in [0, 0.05) is 17.0 Å². The van der Waals surface area contributed by atoms with Crippen molar-refractivity contribution in [2.75, 3.05) is 0 Å². The van der Waals surface area contributed by atoms with Crippen LogP contribution in [0.1, 0.15) is 17.9 Å². The number of halogens is 1. The normalized spacial score (nSPS) is 27.2. The highest BCUT2D eigenvalue weighted by Gasteiger charge is 2.36. The van der Waals surface area contributed by atoms with Crippen LogP contribution in [0.3, 0.4) is 0 Å². The minimum absolute atomic E-state index is 0.206. The standard InChI is InChI=1S/C9H10ClNO/c10-8-3-5(12)1-2-6(8)7-4-9(7)11/h1-3,7,9,12H,4,11H2.